The monoisotopic (exact) mass is 463 g/mol. The molecule has 6 nitrogen and oxygen atoms in total. The van der Waals surface area contributed by atoms with Gasteiger partial charge in [0.05, 0.1) is 18.1 Å². The van der Waals surface area contributed by atoms with Crippen LogP contribution in [0.4, 0.5) is 13.2 Å². The van der Waals surface area contributed by atoms with E-state index in [0.717, 1.165) is 25.8 Å². The van der Waals surface area contributed by atoms with Crippen LogP contribution in [0.5, 0.6) is 23.0 Å². The Labute approximate surface area is 188 Å². The minimum absolute atomic E-state index is 0.0223. The third kappa shape index (κ3) is 4.64. The number of aromatic hydroxyl groups is 1. The molecular weight excluding hydrogens is 439 g/mol. The number of phenolic OH excluding ortho intramolecular Hbond substituents is 1. The van der Waals surface area contributed by atoms with E-state index in [0.29, 0.717) is 5.75 Å². The standard InChI is InChI=1S/C24H24F3NO5/c1-14-5-3-4-12-28(14)13-18-19(29)11-10-17-20(30)22(23(24(25,26)27)33-21(17)18)32-16-8-6-15(31-2)7-9-16/h6-11,14,29H,3-5,12-13H2,1-2H3/t14-/m0/s1. The van der Waals surface area contributed by atoms with E-state index in [1.807, 2.05) is 6.92 Å². The first-order valence-electron chi connectivity index (χ1n) is 10.6. The van der Waals surface area contributed by atoms with Crippen LogP contribution in [0.1, 0.15) is 37.5 Å². The van der Waals surface area contributed by atoms with Gasteiger partial charge in [-0.2, -0.15) is 13.2 Å². The number of rotatable bonds is 5. The molecule has 0 radical (unpaired) electrons. The highest BCUT2D eigenvalue weighted by Gasteiger charge is 2.41. The Bertz CT molecular complexity index is 1200. The second-order valence-electron chi connectivity index (χ2n) is 8.12. The Balaban J connectivity index is 1.85. The zero-order valence-corrected chi connectivity index (χ0v) is 18.2. The fourth-order valence-corrected chi connectivity index (χ4v) is 4.08. The highest BCUT2D eigenvalue weighted by Crippen LogP contribution is 2.40. The summed E-state index contributed by atoms with van der Waals surface area (Å²) in [5.41, 5.74) is -1.10. The van der Waals surface area contributed by atoms with Crippen LogP contribution >= 0.6 is 0 Å². The average Bonchev–Trinajstić information content (AvgIpc) is 2.78. The number of hydrogen-bond donors (Lipinski definition) is 1. The number of nitrogens with zero attached hydrogens (tertiary/aromatic N) is 1. The van der Waals surface area contributed by atoms with Crippen LogP contribution in [0.25, 0.3) is 11.0 Å². The molecule has 0 spiro atoms. The Morgan fingerprint density at radius 1 is 1.12 bits per heavy atom. The molecule has 1 aliphatic heterocycles. The molecule has 0 unspecified atom stereocenters. The third-order valence-electron chi connectivity index (χ3n) is 5.94. The molecule has 2 heterocycles. The number of phenols is 1. The summed E-state index contributed by atoms with van der Waals surface area (Å²) in [4.78, 5) is 15.2. The molecule has 1 atom stereocenters. The van der Waals surface area contributed by atoms with Gasteiger partial charge in [-0.15, -0.1) is 0 Å². The maximum Gasteiger partial charge on any atom is 0.453 e. The minimum atomic E-state index is -4.99. The van der Waals surface area contributed by atoms with Crippen LogP contribution < -0.4 is 14.9 Å². The summed E-state index contributed by atoms with van der Waals surface area (Å²) in [5, 5.41) is 10.4. The van der Waals surface area contributed by atoms with Gasteiger partial charge in [-0.05, 0) is 62.7 Å². The van der Waals surface area contributed by atoms with E-state index in [-0.39, 0.29) is 40.6 Å². The first-order chi connectivity index (χ1) is 15.7. The normalized spacial score (nSPS) is 17.3. The Hall–Kier alpha value is -3.20. The molecule has 1 aromatic heterocycles. The highest BCUT2D eigenvalue weighted by molar-refractivity contribution is 5.83. The van der Waals surface area contributed by atoms with Gasteiger partial charge in [0.2, 0.25) is 11.2 Å². The fraction of sp³-hybridized carbons (Fsp3) is 0.375. The van der Waals surface area contributed by atoms with Crippen molar-refractivity contribution in [3.63, 3.8) is 0 Å². The van der Waals surface area contributed by atoms with Crippen LogP contribution in [0.2, 0.25) is 0 Å². The Kier molecular flexibility index (Phi) is 6.25. The summed E-state index contributed by atoms with van der Waals surface area (Å²) in [6.07, 6.45) is -2.02. The minimum Gasteiger partial charge on any atom is -0.507 e. The molecule has 176 valence electrons. The molecule has 3 aromatic rings. The number of methoxy groups -OCH3 is 1. The fourth-order valence-electron chi connectivity index (χ4n) is 4.08. The molecule has 2 aromatic carbocycles. The van der Waals surface area contributed by atoms with Crippen molar-refractivity contribution in [2.75, 3.05) is 13.7 Å². The first kappa shape index (κ1) is 23.0. The van der Waals surface area contributed by atoms with Gasteiger partial charge < -0.3 is 19.0 Å². The van der Waals surface area contributed by atoms with Gasteiger partial charge in [0.1, 0.15) is 22.8 Å². The summed E-state index contributed by atoms with van der Waals surface area (Å²) >= 11 is 0. The number of hydrogen-bond acceptors (Lipinski definition) is 6. The third-order valence-corrected chi connectivity index (χ3v) is 5.94. The van der Waals surface area contributed by atoms with Gasteiger partial charge >= 0.3 is 6.18 Å². The maximum absolute atomic E-state index is 13.9. The van der Waals surface area contributed by atoms with Gasteiger partial charge in [0.25, 0.3) is 5.76 Å². The largest absolute Gasteiger partial charge is 0.507 e. The Morgan fingerprint density at radius 2 is 1.82 bits per heavy atom. The van der Waals surface area contributed by atoms with Crippen LogP contribution in [-0.4, -0.2) is 29.7 Å². The zero-order chi connectivity index (χ0) is 23.8. The first-order valence-corrected chi connectivity index (χ1v) is 10.6. The van der Waals surface area contributed by atoms with E-state index < -0.39 is 23.1 Å². The number of fused-ring (bicyclic) bond motifs is 1. The van der Waals surface area contributed by atoms with Crippen molar-refractivity contribution < 1.29 is 32.2 Å². The molecule has 0 bridgehead atoms. The molecule has 33 heavy (non-hydrogen) atoms. The molecule has 0 aliphatic carbocycles. The molecule has 0 saturated carbocycles. The number of ether oxygens (including phenoxy) is 2. The van der Waals surface area contributed by atoms with Crippen LogP contribution in [0, 0.1) is 0 Å². The zero-order valence-electron chi connectivity index (χ0n) is 18.2. The van der Waals surface area contributed by atoms with Crippen LogP contribution in [0.3, 0.4) is 0 Å². The quantitative estimate of drug-likeness (QED) is 0.524. The van der Waals surface area contributed by atoms with Crippen molar-refractivity contribution in [2.24, 2.45) is 0 Å². The second-order valence-corrected chi connectivity index (χ2v) is 8.12. The van der Waals surface area contributed by atoms with Crippen molar-refractivity contribution >= 4 is 11.0 Å². The molecule has 4 rings (SSSR count). The molecule has 1 N–H and O–H groups in total. The number of benzene rings is 2. The number of halogens is 3. The number of alkyl halides is 3. The van der Waals surface area contributed by atoms with Gasteiger partial charge in [-0.1, -0.05) is 6.42 Å². The molecule has 1 fully saturated rings. The van der Waals surface area contributed by atoms with Crippen LogP contribution in [-0.2, 0) is 12.7 Å². The lowest BCUT2D eigenvalue weighted by Gasteiger charge is -2.33. The summed E-state index contributed by atoms with van der Waals surface area (Å²) in [5.74, 6) is -2.22. The van der Waals surface area contributed by atoms with Crippen molar-refractivity contribution in [2.45, 2.75) is 44.9 Å². The van der Waals surface area contributed by atoms with Crippen molar-refractivity contribution in [1.82, 2.24) is 4.90 Å². The predicted molar refractivity (Wildman–Crippen MR) is 116 cm³/mol. The van der Waals surface area contributed by atoms with Crippen molar-refractivity contribution in [3.8, 4) is 23.0 Å². The van der Waals surface area contributed by atoms with Crippen molar-refractivity contribution in [3.05, 3.63) is 57.9 Å². The lowest BCUT2D eigenvalue weighted by Crippen LogP contribution is -2.36. The van der Waals surface area contributed by atoms with E-state index in [1.54, 1.807) is 0 Å². The summed E-state index contributed by atoms with van der Waals surface area (Å²) in [7, 11) is 1.45. The van der Waals surface area contributed by atoms with E-state index in [4.69, 9.17) is 13.9 Å². The topological polar surface area (TPSA) is 72.1 Å². The summed E-state index contributed by atoms with van der Waals surface area (Å²) in [6.45, 7) is 2.94. The smallest absolute Gasteiger partial charge is 0.453 e. The lowest BCUT2D eigenvalue weighted by atomic mass is 10.0. The summed E-state index contributed by atoms with van der Waals surface area (Å²) < 4.78 is 57.4. The predicted octanol–water partition coefficient (Wildman–Crippen LogP) is 5.69. The second kappa shape index (κ2) is 8.97. The summed E-state index contributed by atoms with van der Waals surface area (Å²) in [6, 6.07) is 8.53. The number of piperidine rings is 1. The molecule has 0 amide bonds. The van der Waals surface area contributed by atoms with E-state index in [2.05, 4.69) is 4.90 Å². The molecule has 1 aliphatic rings. The Morgan fingerprint density at radius 3 is 2.45 bits per heavy atom. The lowest BCUT2D eigenvalue weighted by molar-refractivity contribution is -0.154. The average molecular weight is 463 g/mol. The van der Waals surface area contributed by atoms with E-state index in [1.165, 1.54) is 43.5 Å². The van der Waals surface area contributed by atoms with Gasteiger partial charge in [0.15, 0.2) is 0 Å². The SMILES string of the molecule is COc1ccc(Oc2c(C(F)(F)F)oc3c(CN4CCCC[C@@H]4C)c(O)ccc3c2=O)cc1. The van der Waals surface area contributed by atoms with Gasteiger partial charge in [0, 0.05) is 12.6 Å². The molecule has 1 saturated heterocycles. The van der Waals surface area contributed by atoms with Crippen LogP contribution in [0.15, 0.2) is 45.6 Å². The highest BCUT2D eigenvalue weighted by atomic mass is 19.4. The maximum atomic E-state index is 13.9. The number of likely N-dealkylation sites (tertiary alicyclic amines) is 1. The molecular formula is C24H24F3NO5. The molecule has 9 heteroatoms. The van der Waals surface area contributed by atoms with E-state index >= 15 is 0 Å². The van der Waals surface area contributed by atoms with Crippen molar-refractivity contribution in [1.29, 1.82) is 0 Å². The van der Waals surface area contributed by atoms with E-state index in [9.17, 15) is 23.1 Å². The van der Waals surface area contributed by atoms with Gasteiger partial charge in [-0.3, -0.25) is 9.69 Å². The van der Waals surface area contributed by atoms with Gasteiger partial charge in [-0.25, -0.2) is 0 Å².